The van der Waals surface area contributed by atoms with Crippen molar-refractivity contribution in [2.75, 3.05) is 26.3 Å². The lowest BCUT2D eigenvalue weighted by atomic mass is 10.1. The number of imidazole rings is 1. The standard InChI is InChI=1S/C22H23N3O2S/c1-16(21(26)25-12-14-27-15-13-25)28-22-23-19(17-8-4-2-5-9-17)20(24-22)18-10-6-3-7-11-18/h2-11,16H,12-15H2,1H3,(H,23,24). The molecule has 4 rings (SSSR count). The molecular weight excluding hydrogens is 370 g/mol. The van der Waals surface area contributed by atoms with Gasteiger partial charge in [-0.2, -0.15) is 0 Å². The van der Waals surface area contributed by atoms with Crippen molar-refractivity contribution in [1.29, 1.82) is 0 Å². The Morgan fingerprint density at radius 3 is 2.29 bits per heavy atom. The molecule has 1 atom stereocenters. The fourth-order valence-electron chi connectivity index (χ4n) is 3.28. The topological polar surface area (TPSA) is 58.2 Å². The highest BCUT2D eigenvalue weighted by atomic mass is 32.2. The molecule has 1 fully saturated rings. The van der Waals surface area contributed by atoms with Crippen LogP contribution in [0, 0.1) is 0 Å². The zero-order chi connectivity index (χ0) is 19.3. The minimum Gasteiger partial charge on any atom is -0.378 e. The van der Waals surface area contributed by atoms with Crippen molar-refractivity contribution in [3.63, 3.8) is 0 Å². The van der Waals surface area contributed by atoms with Crippen molar-refractivity contribution < 1.29 is 9.53 Å². The largest absolute Gasteiger partial charge is 0.378 e. The molecule has 1 unspecified atom stereocenters. The molecule has 1 aliphatic heterocycles. The third kappa shape index (κ3) is 4.13. The monoisotopic (exact) mass is 393 g/mol. The summed E-state index contributed by atoms with van der Waals surface area (Å²) >= 11 is 1.47. The lowest BCUT2D eigenvalue weighted by Crippen LogP contribution is -2.44. The molecule has 144 valence electrons. The Hall–Kier alpha value is -2.57. The number of carbonyl (C=O) groups excluding carboxylic acids is 1. The summed E-state index contributed by atoms with van der Waals surface area (Å²) in [4.78, 5) is 22.9. The van der Waals surface area contributed by atoms with Crippen LogP contribution in [0.4, 0.5) is 0 Å². The van der Waals surface area contributed by atoms with Crippen LogP contribution >= 0.6 is 11.8 Å². The van der Waals surface area contributed by atoms with Crippen LogP contribution in [0.3, 0.4) is 0 Å². The van der Waals surface area contributed by atoms with Crippen molar-refractivity contribution >= 4 is 17.7 Å². The zero-order valence-electron chi connectivity index (χ0n) is 15.8. The number of hydrogen-bond donors (Lipinski definition) is 1. The zero-order valence-corrected chi connectivity index (χ0v) is 16.6. The van der Waals surface area contributed by atoms with Crippen molar-refractivity contribution in [2.45, 2.75) is 17.3 Å². The predicted octanol–water partition coefficient (Wildman–Crippen LogP) is 4.08. The van der Waals surface area contributed by atoms with Gasteiger partial charge in [0, 0.05) is 24.2 Å². The van der Waals surface area contributed by atoms with E-state index in [9.17, 15) is 4.79 Å². The maximum absolute atomic E-state index is 12.7. The summed E-state index contributed by atoms with van der Waals surface area (Å²) in [6.45, 7) is 4.48. The smallest absolute Gasteiger partial charge is 0.236 e. The Balaban J connectivity index is 1.61. The van der Waals surface area contributed by atoms with Crippen molar-refractivity contribution in [3.05, 3.63) is 60.7 Å². The molecule has 5 nitrogen and oxygen atoms in total. The summed E-state index contributed by atoms with van der Waals surface area (Å²) in [5.41, 5.74) is 4.00. The Labute approximate surface area is 169 Å². The first-order chi connectivity index (χ1) is 13.7. The van der Waals surface area contributed by atoms with E-state index < -0.39 is 0 Å². The van der Waals surface area contributed by atoms with Crippen LogP contribution in [0.2, 0.25) is 0 Å². The van der Waals surface area contributed by atoms with Crippen LogP contribution in [0.5, 0.6) is 0 Å². The van der Waals surface area contributed by atoms with Crippen LogP contribution in [0.25, 0.3) is 22.5 Å². The number of nitrogens with one attached hydrogen (secondary N) is 1. The molecule has 0 aliphatic carbocycles. The highest BCUT2D eigenvalue weighted by Gasteiger charge is 2.25. The van der Waals surface area contributed by atoms with Crippen LogP contribution in [-0.4, -0.2) is 52.3 Å². The molecule has 0 spiro atoms. The first-order valence-electron chi connectivity index (χ1n) is 9.46. The molecule has 0 saturated carbocycles. The van der Waals surface area contributed by atoms with Gasteiger partial charge in [-0.15, -0.1) is 0 Å². The molecule has 1 aliphatic rings. The molecule has 1 amide bonds. The number of nitrogens with zero attached hydrogens (tertiary/aromatic N) is 2. The summed E-state index contributed by atoms with van der Waals surface area (Å²) in [5.74, 6) is 0.132. The van der Waals surface area contributed by atoms with Crippen LogP contribution < -0.4 is 0 Å². The highest BCUT2D eigenvalue weighted by molar-refractivity contribution is 8.00. The van der Waals surface area contributed by atoms with E-state index in [1.165, 1.54) is 11.8 Å². The van der Waals surface area contributed by atoms with Gasteiger partial charge in [0.25, 0.3) is 0 Å². The number of benzene rings is 2. The van der Waals surface area contributed by atoms with Gasteiger partial charge in [0.15, 0.2) is 5.16 Å². The summed E-state index contributed by atoms with van der Waals surface area (Å²) in [5, 5.41) is 0.545. The first kappa shape index (κ1) is 18.8. The van der Waals surface area contributed by atoms with Gasteiger partial charge < -0.3 is 14.6 Å². The van der Waals surface area contributed by atoms with Gasteiger partial charge >= 0.3 is 0 Å². The maximum atomic E-state index is 12.7. The van der Waals surface area contributed by atoms with E-state index >= 15 is 0 Å². The second-order valence-electron chi connectivity index (χ2n) is 6.70. The summed E-state index contributed by atoms with van der Waals surface area (Å²) in [6.07, 6.45) is 0. The Kier molecular flexibility index (Phi) is 5.78. The van der Waals surface area contributed by atoms with Crippen molar-refractivity contribution in [2.24, 2.45) is 0 Å². The Morgan fingerprint density at radius 1 is 1.04 bits per heavy atom. The van der Waals surface area contributed by atoms with E-state index in [1.807, 2.05) is 48.2 Å². The van der Waals surface area contributed by atoms with E-state index in [0.717, 1.165) is 27.7 Å². The molecule has 1 saturated heterocycles. The number of morpholine rings is 1. The predicted molar refractivity (Wildman–Crippen MR) is 112 cm³/mol. The number of rotatable bonds is 5. The molecule has 0 radical (unpaired) electrons. The van der Waals surface area contributed by atoms with Crippen LogP contribution in [0.1, 0.15) is 6.92 Å². The third-order valence-corrected chi connectivity index (χ3v) is 5.72. The second-order valence-corrected chi connectivity index (χ2v) is 8.02. The van der Waals surface area contributed by atoms with Gasteiger partial charge in [-0.05, 0) is 6.92 Å². The number of ether oxygens (including phenoxy) is 1. The Morgan fingerprint density at radius 2 is 1.64 bits per heavy atom. The lowest BCUT2D eigenvalue weighted by molar-refractivity contribution is -0.134. The summed E-state index contributed by atoms with van der Waals surface area (Å²) in [6, 6.07) is 20.3. The summed E-state index contributed by atoms with van der Waals surface area (Å²) in [7, 11) is 0. The van der Waals surface area contributed by atoms with E-state index in [4.69, 9.17) is 9.72 Å². The van der Waals surface area contributed by atoms with Gasteiger partial charge in [0.2, 0.25) is 5.91 Å². The van der Waals surface area contributed by atoms with Gasteiger partial charge in [0.1, 0.15) is 0 Å². The Bertz CT molecular complexity index is 864. The maximum Gasteiger partial charge on any atom is 0.236 e. The van der Waals surface area contributed by atoms with E-state index in [2.05, 4.69) is 29.2 Å². The molecule has 0 bridgehead atoms. The number of hydrogen-bond acceptors (Lipinski definition) is 4. The summed E-state index contributed by atoms with van der Waals surface area (Å²) < 4.78 is 5.35. The van der Waals surface area contributed by atoms with Crippen molar-refractivity contribution in [1.82, 2.24) is 14.9 Å². The molecule has 2 aromatic carbocycles. The number of carbonyl (C=O) groups is 1. The molecule has 2 heterocycles. The minimum atomic E-state index is -0.212. The van der Waals surface area contributed by atoms with E-state index in [1.54, 1.807) is 0 Å². The fraction of sp³-hybridized carbons (Fsp3) is 0.273. The van der Waals surface area contributed by atoms with Gasteiger partial charge in [0.05, 0.1) is 29.9 Å². The molecule has 28 heavy (non-hydrogen) atoms. The molecular formula is C22H23N3O2S. The van der Waals surface area contributed by atoms with E-state index in [-0.39, 0.29) is 11.2 Å². The average Bonchev–Trinajstić information content (AvgIpc) is 3.19. The van der Waals surface area contributed by atoms with Crippen LogP contribution in [-0.2, 0) is 9.53 Å². The fourth-order valence-corrected chi connectivity index (χ4v) is 4.17. The number of thioether (sulfide) groups is 1. The average molecular weight is 394 g/mol. The molecule has 1 aromatic heterocycles. The molecule has 1 N–H and O–H groups in total. The number of amides is 1. The van der Waals surface area contributed by atoms with Gasteiger partial charge in [-0.3, -0.25) is 4.79 Å². The number of aromatic nitrogens is 2. The van der Waals surface area contributed by atoms with Gasteiger partial charge in [-0.25, -0.2) is 4.98 Å². The normalized spacial score (nSPS) is 15.4. The second kappa shape index (κ2) is 8.63. The SMILES string of the molecule is CC(Sc1nc(-c2ccccc2)c(-c2ccccc2)[nH]1)C(=O)N1CCOCC1. The molecule has 6 heteroatoms. The number of aromatic amines is 1. The minimum absolute atomic E-state index is 0.132. The third-order valence-electron chi connectivity index (χ3n) is 4.75. The quantitative estimate of drug-likeness (QED) is 0.664. The molecule has 3 aromatic rings. The van der Waals surface area contributed by atoms with Gasteiger partial charge in [-0.1, -0.05) is 72.4 Å². The highest BCUT2D eigenvalue weighted by Crippen LogP contribution is 2.34. The number of H-pyrrole nitrogens is 1. The first-order valence-corrected chi connectivity index (χ1v) is 10.3. The van der Waals surface area contributed by atoms with Crippen molar-refractivity contribution in [3.8, 4) is 22.5 Å². The lowest BCUT2D eigenvalue weighted by Gasteiger charge is -2.28. The van der Waals surface area contributed by atoms with E-state index in [0.29, 0.717) is 26.3 Å². The van der Waals surface area contributed by atoms with Crippen LogP contribution in [0.15, 0.2) is 65.8 Å².